The van der Waals surface area contributed by atoms with E-state index in [9.17, 15) is 14.7 Å². The van der Waals surface area contributed by atoms with Crippen LogP contribution in [-0.2, 0) is 0 Å². The first-order valence-electron chi connectivity index (χ1n) is 3.01. The van der Waals surface area contributed by atoms with Crippen LogP contribution < -0.4 is 5.11 Å². The van der Waals surface area contributed by atoms with E-state index in [0.717, 1.165) is 18.5 Å². The summed E-state index contributed by atoms with van der Waals surface area (Å²) in [6.07, 6.45) is 2.09. The quantitative estimate of drug-likeness (QED) is 0.617. The minimum Gasteiger partial charge on any atom is -0.545 e. The summed E-state index contributed by atoms with van der Waals surface area (Å²) >= 11 is 0. The molecule has 0 amide bonds. The van der Waals surface area contributed by atoms with Gasteiger partial charge in [0, 0.05) is 18.0 Å². The number of pyridine rings is 1. The SMILES string of the molecule is O=C([O-])c1cncc(C(=O)O)c1. The standard InChI is InChI=1S/C7H5NO4/c9-6(10)4-1-5(7(11)12)3-8-2-4/h1-3H,(H,9,10)(H,11,12)/p-1. The van der Waals surface area contributed by atoms with Gasteiger partial charge in [-0.05, 0) is 6.07 Å². The van der Waals surface area contributed by atoms with Gasteiger partial charge in [-0.1, -0.05) is 0 Å². The molecule has 1 aromatic rings. The number of rotatable bonds is 2. The van der Waals surface area contributed by atoms with Crippen LogP contribution in [-0.4, -0.2) is 22.0 Å². The Bertz CT molecular complexity index is 305. The Hall–Kier alpha value is -1.91. The van der Waals surface area contributed by atoms with Crippen molar-refractivity contribution in [1.29, 1.82) is 0 Å². The van der Waals surface area contributed by atoms with Crippen molar-refractivity contribution in [1.82, 2.24) is 4.98 Å². The second-order valence-corrected chi connectivity index (χ2v) is 2.05. The first-order chi connectivity index (χ1) is 5.61. The van der Waals surface area contributed by atoms with E-state index in [2.05, 4.69) is 4.98 Å². The summed E-state index contributed by atoms with van der Waals surface area (Å²) in [5, 5.41) is 18.7. The monoisotopic (exact) mass is 166 g/mol. The first-order valence-corrected chi connectivity index (χ1v) is 3.01. The van der Waals surface area contributed by atoms with Crippen molar-refractivity contribution in [2.24, 2.45) is 0 Å². The third-order valence-corrected chi connectivity index (χ3v) is 1.22. The summed E-state index contributed by atoms with van der Waals surface area (Å²) in [5.74, 6) is -2.66. The smallest absolute Gasteiger partial charge is 0.337 e. The van der Waals surface area contributed by atoms with Crippen LogP contribution in [0.3, 0.4) is 0 Å². The molecule has 0 aliphatic heterocycles. The van der Waals surface area contributed by atoms with E-state index >= 15 is 0 Å². The van der Waals surface area contributed by atoms with Gasteiger partial charge < -0.3 is 15.0 Å². The lowest BCUT2D eigenvalue weighted by Crippen LogP contribution is -2.22. The molecule has 0 aliphatic carbocycles. The fourth-order valence-corrected chi connectivity index (χ4v) is 0.669. The van der Waals surface area contributed by atoms with Crippen molar-refractivity contribution >= 4 is 11.9 Å². The van der Waals surface area contributed by atoms with Gasteiger partial charge in [-0.15, -0.1) is 0 Å². The van der Waals surface area contributed by atoms with E-state index in [1.165, 1.54) is 0 Å². The summed E-state index contributed by atoms with van der Waals surface area (Å²) in [5.41, 5.74) is -0.411. The van der Waals surface area contributed by atoms with Gasteiger partial charge in [-0.3, -0.25) is 4.98 Å². The van der Waals surface area contributed by atoms with Crippen LogP contribution in [0.15, 0.2) is 18.5 Å². The zero-order valence-corrected chi connectivity index (χ0v) is 5.85. The molecular formula is C7H4NO4-. The number of carbonyl (C=O) groups is 2. The molecule has 1 heterocycles. The average Bonchev–Trinajstić information content (AvgIpc) is 2.04. The van der Waals surface area contributed by atoms with E-state index in [1.807, 2.05) is 0 Å². The number of aromatic carboxylic acids is 2. The van der Waals surface area contributed by atoms with Gasteiger partial charge in [0.05, 0.1) is 11.5 Å². The number of carboxylic acid groups (broad SMARTS) is 2. The van der Waals surface area contributed by atoms with Gasteiger partial charge in [0.15, 0.2) is 0 Å². The predicted molar refractivity (Wildman–Crippen MR) is 35.5 cm³/mol. The molecule has 1 aromatic heterocycles. The van der Waals surface area contributed by atoms with Gasteiger partial charge in [-0.25, -0.2) is 4.79 Å². The molecule has 5 nitrogen and oxygen atoms in total. The number of hydrogen-bond acceptors (Lipinski definition) is 4. The maximum Gasteiger partial charge on any atom is 0.337 e. The summed E-state index contributed by atoms with van der Waals surface area (Å²) in [4.78, 5) is 24.0. The molecule has 0 saturated carbocycles. The summed E-state index contributed by atoms with van der Waals surface area (Å²) in [6.45, 7) is 0. The maximum atomic E-state index is 10.3. The van der Waals surface area contributed by atoms with Crippen molar-refractivity contribution in [2.75, 3.05) is 0 Å². The second-order valence-electron chi connectivity index (χ2n) is 2.05. The van der Waals surface area contributed by atoms with Crippen LogP contribution in [0.5, 0.6) is 0 Å². The summed E-state index contributed by atoms with van der Waals surface area (Å²) in [6, 6.07) is 0.991. The number of nitrogens with zero attached hydrogens (tertiary/aromatic N) is 1. The van der Waals surface area contributed by atoms with E-state index < -0.39 is 11.9 Å². The zero-order chi connectivity index (χ0) is 9.14. The third kappa shape index (κ3) is 1.57. The topological polar surface area (TPSA) is 90.3 Å². The lowest BCUT2D eigenvalue weighted by atomic mass is 10.2. The lowest BCUT2D eigenvalue weighted by Gasteiger charge is -2.00. The summed E-state index contributed by atoms with van der Waals surface area (Å²) in [7, 11) is 0. The molecule has 0 radical (unpaired) electrons. The van der Waals surface area contributed by atoms with E-state index in [0.29, 0.717) is 0 Å². The number of hydrogen-bond donors (Lipinski definition) is 1. The van der Waals surface area contributed by atoms with Crippen LogP contribution in [0.2, 0.25) is 0 Å². The molecule has 5 heteroatoms. The van der Waals surface area contributed by atoms with Crippen LogP contribution in [0.25, 0.3) is 0 Å². The molecule has 0 unspecified atom stereocenters. The third-order valence-electron chi connectivity index (χ3n) is 1.22. The minimum atomic E-state index is -1.44. The molecule has 0 fully saturated rings. The fourth-order valence-electron chi connectivity index (χ4n) is 0.669. The Labute approximate surface area is 67.3 Å². The predicted octanol–water partition coefficient (Wildman–Crippen LogP) is -0.857. The Morgan fingerprint density at radius 1 is 1.33 bits per heavy atom. The molecule has 0 spiro atoms. The number of aromatic nitrogens is 1. The zero-order valence-electron chi connectivity index (χ0n) is 5.85. The lowest BCUT2D eigenvalue weighted by molar-refractivity contribution is -0.255. The molecule has 12 heavy (non-hydrogen) atoms. The van der Waals surface area contributed by atoms with E-state index in [4.69, 9.17) is 5.11 Å². The molecule has 62 valence electrons. The van der Waals surface area contributed by atoms with Gasteiger partial charge in [0.25, 0.3) is 0 Å². The molecule has 1 rings (SSSR count). The van der Waals surface area contributed by atoms with Crippen molar-refractivity contribution in [3.8, 4) is 0 Å². The highest BCUT2D eigenvalue weighted by Gasteiger charge is 2.03. The van der Waals surface area contributed by atoms with Crippen molar-refractivity contribution < 1.29 is 19.8 Å². The average molecular weight is 166 g/mol. The highest BCUT2D eigenvalue weighted by Crippen LogP contribution is 2.00. The van der Waals surface area contributed by atoms with Crippen LogP contribution >= 0.6 is 0 Å². The molecule has 1 N–H and O–H groups in total. The van der Waals surface area contributed by atoms with Gasteiger partial charge in [0.1, 0.15) is 0 Å². The summed E-state index contributed by atoms with van der Waals surface area (Å²) < 4.78 is 0. The van der Waals surface area contributed by atoms with Crippen LogP contribution in [0, 0.1) is 0 Å². The van der Waals surface area contributed by atoms with E-state index in [1.54, 1.807) is 0 Å². The Morgan fingerprint density at radius 2 is 1.92 bits per heavy atom. The van der Waals surface area contributed by atoms with Gasteiger partial charge in [-0.2, -0.15) is 0 Å². The second kappa shape index (κ2) is 3.00. The maximum absolute atomic E-state index is 10.3. The number of carbonyl (C=O) groups excluding carboxylic acids is 1. The Morgan fingerprint density at radius 3 is 2.42 bits per heavy atom. The van der Waals surface area contributed by atoms with Crippen LogP contribution in [0.1, 0.15) is 20.7 Å². The minimum absolute atomic E-state index is 0.170. The molecular weight excluding hydrogens is 162 g/mol. The molecule has 0 aromatic carbocycles. The molecule has 0 saturated heterocycles. The fraction of sp³-hybridized carbons (Fsp3) is 0. The number of carboxylic acids is 2. The van der Waals surface area contributed by atoms with Crippen LogP contribution in [0.4, 0.5) is 0 Å². The van der Waals surface area contributed by atoms with Gasteiger partial charge in [0.2, 0.25) is 0 Å². The highest BCUT2D eigenvalue weighted by molar-refractivity contribution is 5.92. The van der Waals surface area contributed by atoms with Gasteiger partial charge >= 0.3 is 5.97 Å². The van der Waals surface area contributed by atoms with Crippen molar-refractivity contribution in [3.05, 3.63) is 29.6 Å². The first kappa shape index (κ1) is 8.19. The Kier molecular flexibility index (Phi) is 2.05. The molecule has 0 aliphatic rings. The Balaban J connectivity index is 3.12. The molecule has 0 atom stereocenters. The van der Waals surface area contributed by atoms with Crippen molar-refractivity contribution in [3.63, 3.8) is 0 Å². The van der Waals surface area contributed by atoms with E-state index in [-0.39, 0.29) is 11.1 Å². The highest BCUT2D eigenvalue weighted by atomic mass is 16.4. The largest absolute Gasteiger partial charge is 0.545 e. The molecule has 0 bridgehead atoms. The normalized spacial score (nSPS) is 9.33. The van der Waals surface area contributed by atoms with Crippen molar-refractivity contribution in [2.45, 2.75) is 0 Å².